The van der Waals surface area contributed by atoms with Crippen molar-refractivity contribution >= 4 is 11.8 Å². The molecule has 8 nitrogen and oxygen atoms in total. The molecule has 0 heterocycles. The van der Waals surface area contributed by atoms with E-state index in [-0.39, 0.29) is 13.2 Å². The zero-order valence-electron chi connectivity index (χ0n) is 12.8. The molecule has 24 heavy (non-hydrogen) atoms. The first-order valence-electron chi connectivity index (χ1n) is 7.13. The third-order valence-corrected chi connectivity index (χ3v) is 3.12. The minimum absolute atomic E-state index is 0.174. The molecule has 0 aliphatic rings. The second-order valence-corrected chi connectivity index (χ2v) is 4.64. The summed E-state index contributed by atoms with van der Waals surface area (Å²) in [5.41, 5.74) is 4.76. The number of rotatable bonds is 7. The maximum atomic E-state index is 11.6. The molecule has 0 radical (unpaired) electrons. The Bertz CT molecular complexity index is 659. The zero-order chi connectivity index (χ0) is 17.4. The van der Waals surface area contributed by atoms with Gasteiger partial charge < -0.3 is 9.47 Å². The molecule has 0 aromatic heterocycles. The predicted octanol–water partition coefficient (Wildman–Crippen LogP) is 0.351. The van der Waals surface area contributed by atoms with Crippen LogP contribution in [0.2, 0.25) is 0 Å². The first-order chi connectivity index (χ1) is 11.7. The summed E-state index contributed by atoms with van der Waals surface area (Å²) in [6, 6.07) is 13.4. The van der Waals surface area contributed by atoms with Crippen molar-refractivity contribution in [1.29, 1.82) is 0 Å². The SMILES string of the molecule is NNC(=O)c1ccccc1OCCOc1ccccc1C(=O)NN. The highest BCUT2D eigenvalue weighted by molar-refractivity contribution is 5.97. The molecule has 2 rings (SSSR count). The molecule has 0 saturated heterocycles. The quantitative estimate of drug-likeness (QED) is 0.251. The van der Waals surface area contributed by atoms with Gasteiger partial charge >= 0.3 is 0 Å². The summed E-state index contributed by atoms with van der Waals surface area (Å²) in [7, 11) is 0. The number of amides is 2. The Balaban J connectivity index is 1.95. The summed E-state index contributed by atoms with van der Waals surface area (Å²) in [4.78, 5) is 23.3. The van der Waals surface area contributed by atoms with Gasteiger partial charge in [-0.2, -0.15) is 0 Å². The molecular formula is C16H18N4O4. The van der Waals surface area contributed by atoms with E-state index in [0.717, 1.165) is 0 Å². The van der Waals surface area contributed by atoms with Crippen LogP contribution < -0.4 is 32.0 Å². The Hall–Kier alpha value is -3.10. The molecule has 126 valence electrons. The Morgan fingerprint density at radius 2 is 1.12 bits per heavy atom. The molecule has 0 spiro atoms. The van der Waals surface area contributed by atoms with Crippen molar-refractivity contribution in [2.24, 2.45) is 11.7 Å². The van der Waals surface area contributed by atoms with E-state index in [2.05, 4.69) is 10.9 Å². The molecule has 2 aromatic carbocycles. The maximum absolute atomic E-state index is 11.6. The third-order valence-electron chi connectivity index (χ3n) is 3.12. The lowest BCUT2D eigenvalue weighted by Crippen LogP contribution is -2.30. The van der Waals surface area contributed by atoms with Crippen molar-refractivity contribution in [3.63, 3.8) is 0 Å². The first-order valence-corrected chi connectivity index (χ1v) is 7.13. The fraction of sp³-hybridized carbons (Fsp3) is 0.125. The number of nitrogens with one attached hydrogen (secondary N) is 2. The van der Waals surface area contributed by atoms with Gasteiger partial charge in [-0.05, 0) is 24.3 Å². The number of benzene rings is 2. The van der Waals surface area contributed by atoms with E-state index in [1.165, 1.54) is 0 Å². The second-order valence-electron chi connectivity index (χ2n) is 4.64. The van der Waals surface area contributed by atoms with E-state index in [1.807, 2.05) is 0 Å². The first kappa shape index (κ1) is 17.3. The Morgan fingerprint density at radius 3 is 1.50 bits per heavy atom. The average molecular weight is 330 g/mol. The van der Waals surface area contributed by atoms with Crippen LogP contribution in [0.5, 0.6) is 11.5 Å². The minimum Gasteiger partial charge on any atom is -0.489 e. The van der Waals surface area contributed by atoms with Crippen LogP contribution in [-0.4, -0.2) is 25.0 Å². The van der Waals surface area contributed by atoms with Crippen molar-refractivity contribution in [3.05, 3.63) is 59.7 Å². The van der Waals surface area contributed by atoms with Gasteiger partial charge in [-0.1, -0.05) is 24.3 Å². The van der Waals surface area contributed by atoms with Crippen LogP contribution in [0.25, 0.3) is 0 Å². The van der Waals surface area contributed by atoms with Crippen molar-refractivity contribution in [3.8, 4) is 11.5 Å². The van der Waals surface area contributed by atoms with Gasteiger partial charge in [0.25, 0.3) is 11.8 Å². The lowest BCUT2D eigenvalue weighted by Gasteiger charge is -2.13. The van der Waals surface area contributed by atoms with Crippen LogP contribution in [0.4, 0.5) is 0 Å². The zero-order valence-corrected chi connectivity index (χ0v) is 12.8. The highest BCUT2D eigenvalue weighted by Gasteiger charge is 2.12. The fourth-order valence-corrected chi connectivity index (χ4v) is 2.02. The lowest BCUT2D eigenvalue weighted by molar-refractivity contribution is 0.0937. The Labute approximate surface area is 138 Å². The third kappa shape index (κ3) is 4.22. The van der Waals surface area contributed by atoms with Gasteiger partial charge in [0.2, 0.25) is 0 Å². The smallest absolute Gasteiger partial charge is 0.268 e. The fourth-order valence-electron chi connectivity index (χ4n) is 2.02. The normalized spacial score (nSPS) is 9.92. The predicted molar refractivity (Wildman–Crippen MR) is 87.2 cm³/mol. The van der Waals surface area contributed by atoms with Crippen molar-refractivity contribution in [2.45, 2.75) is 0 Å². The largest absolute Gasteiger partial charge is 0.489 e. The van der Waals surface area contributed by atoms with E-state index < -0.39 is 11.8 Å². The van der Waals surface area contributed by atoms with Gasteiger partial charge in [0.1, 0.15) is 24.7 Å². The van der Waals surface area contributed by atoms with Gasteiger partial charge in [0, 0.05) is 0 Å². The van der Waals surface area contributed by atoms with Crippen LogP contribution in [-0.2, 0) is 0 Å². The summed E-state index contributed by atoms with van der Waals surface area (Å²) in [5.74, 6) is 10.1. The van der Waals surface area contributed by atoms with E-state index in [4.69, 9.17) is 21.2 Å². The van der Waals surface area contributed by atoms with Crippen molar-refractivity contribution < 1.29 is 19.1 Å². The average Bonchev–Trinajstić information content (AvgIpc) is 2.64. The minimum atomic E-state index is -0.448. The molecule has 0 aliphatic heterocycles. The van der Waals surface area contributed by atoms with Crippen LogP contribution >= 0.6 is 0 Å². The monoisotopic (exact) mass is 330 g/mol. The highest BCUT2D eigenvalue weighted by Crippen LogP contribution is 2.19. The molecule has 0 bridgehead atoms. The molecule has 2 amide bonds. The standard InChI is InChI=1S/C16H18N4O4/c17-19-15(21)11-5-1-3-7-13(11)23-9-10-24-14-8-4-2-6-12(14)16(22)20-18/h1-8H,9-10,17-18H2,(H,19,21)(H,20,22). The summed E-state index contributed by atoms with van der Waals surface area (Å²) >= 11 is 0. The molecule has 0 saturated carbocycles. The van der Waals surface area contributed by atoms with Gasteiger partial charge in [-0.3, -0.25) is 20.4 Å². The molecule has 2 aromatic rings. The number of hydrogen-bond acceptors (Lipinski definition) is 6. The topological polar surface area (TPSA) is 129 Å². The Morgan fingerprint density at radius 1 is 0.750 bits per heavy atom. The number of para-hydroxylation sites is 2. The molecule has 0 fully saturated rings. The molecule has 6 N–H and O–H groups in total. The van der Waals surface area contributed by atoms with Crippen LogP contribution in [0, 0.1) is 0 Å². The van der Waals surface area contributed by atoms with E-state index in [9.17, 15) is 9.59 Å². The molecule has 8 heteroatoms. The van der Waals surface area contributed by atoms with E-state index >= 15 is 0 Å². The summed E-state index contributed by atoms with van der Waals surface area (Å²) in [6.07, 6.45) is 0. The van der Waals surface area contributed by atoms with Gasteiger partial charge in [0.05, 0.1) is 11.1 Å². The van der Waals surface area contributed by atoms with Crippen LogP contribution in [0.3, 0.4) is 0 Å². The second kappa shape index (κ2) is 8.51. The summed E-state index contributed by atoms with van der Waals surface area (Å²) in [5, 5.41) is 0. The lowest BCUT2D eigenvalue weighted by atomic mass is 10.2. The van der Waals surface area contributed by atoms with Gasteiger partial charge in [-0.25, -0.2) is 11.7 Å². The van der Waals surface area contributed by atoms with Crippen molar-refractivity contribution in [2.75, 3.05) is 13.2 Å². The number of nitrogen functional groups attached to an aromatic ring is 2. The van der Waals surface area contributed by atoms with E-state index in [0.29, 0.717) is 22.6 Å². The number of carbonyl (C=O) groups excluding carboxylic acids is 2. The molecular weight excluding hydrogens is 312 g/mol. The summed E-state index contributed by atoms with van der Waals surface area (Å²) in [6.45, 7) is 0.348. The van der Waals surface area contributed by atoms with Crippen LogP contribution in [0.15, 0.2) is 48.5 Å². The Kier molecular flexibility index (Phi) is 6.12. The van der Waals surface area contributed by atoms with Crippen molar-refractivity contribution in [1.82, 2.24) is 10.9 Å². The number of hydrazine groups is 2. The molecule has 0 aliphatic carbocycles. The highest BCUT2D eigenvalue weighted by atomic mass is 16.5. The molecule has 0 unspecified atom stereocenters. The summed E-state index contributed by atoms with van der Waals surface area (Å²) < 4.78 is 11.1. The van der Waals surface area contributed by atoms with Gasteiger partial charge in [0.15, 0.2) is 0 Å². The van der Waals surface area contributed by atoms with Gasteiger partial charge in [-0.15, -0.1) is 0 Å². The van der Waals surface area contributed by atoms with E-state index in [1.54, 1.807) is 48.5 Å². The molecule has 0 atom stereocenters. The number of hydrogen-bond donors (Lipinski definition) is 4. The number of nitrogens with two attached hydrogens (primary N) is 2. The number of carbonyl (C=O) groups is 2. The maximum Gasteiger partial charge on any atom is 0.268 e. The number of ether oxygens (including phenoxy) is 2. The van der Waals surface area contributed by atoms with Crippen LogP contribution in [0.1, 0.15) is 20.7 Å².